The fourth-order valence-corrected chi connectivity index (χ4v) is 3.51. The smallest absolute Gasteiger partial charge is 0.350 e. The van der Waals surface area contributed by atoms with E-state index in [9.17, 15) is 4.79 Å². The summed E-state index contributed by atoms with van der Waals surface area (Å²) in [5.41, 5.74) is 7.91. The van der Waals surface area contributed by atoms with Crippen LogP contribution >= 0.6 is 11.3 Å². The highest BCUT2D eigenvalue weighted by molar-refractivity contribution is 7.18. The van der Waals surface area contributed by atoms with Gasteiger partial charge in [-0.1, -0.05) is 26.2 Å². The highest BCUT2D eigenvalue weighted by Gasteiger charge is 2.33. The molecule has 1 aromatic rings. The van der Waals surface area contributed by atoms with E-state index in [2.05, 4.69) is 12.2 Å². The summed E-state index contributed by atoms with van der Waals surface area (Å²) in [5.74, 6) is 0.205. The van der Waals surface area contributed by atoms with Crippen molar-refractivity contribution >= 4 is 28.0 Å². The summed E-state index contributed by atoms with van der Waals surface area (Å²) in [4.78, 5) is 12.3. The van der Waals surface area contributed by atoms with Crippen LogP contribution in [0.4, 0.5) is 10.7 Å². The zero-order chi connectivity index (χ0) is 14.5. The van der Waals surface area contributed by atoms with E-state index in [0.717, 1.165) is 23.5 Å². The first-order chi connectivity index (χ1) is 9.69. The molecule has 1 aromatic heterocycles. The molecule has 3 N–H and O–H groups in total. The summed E-state index contributed by atoms with van der Waals surface area (Å²) in [5, 5.41) is 4.54. The number of hydrogen-bond acceptors (Lipinski definition) is 5. The Morgan fingerprint density at radius 2 is 2.15 bits per heavy atom. The fourth-order valence-electron chi connectivity index (χ4n) is 2.36. The van der Waals surface area contributed by atoms with Crippen LogP contribution in [0.5, 0.6) is 0 Å². The molecule has 1 aliphatic rings. The molecule has 1 heterocycles. The lowest BCUT2D eigenvalue weighted by molar-refractivity contribution is 0.0607. The van der Waals surface area contributed by atoms with Gasteiger partial charge in [-0.15, -0.1) is 11.3 Å². The fraction of sp³-hybridized carbons (Fsp3) is 0.667. The van der Waals surface area contributed by atoms with E-state index in [4.69, 9.17) is 10.5 Å². The zero-order valence-electron chi connectivity index (χ0n) is 12.3. The topological polar surface area (TPSA) is 64.3 Å². The molecule has 0 amide bonds. The number of nitrogens with one attached hydrogen (secondary N) is 1. The van der Waals surface area contributed by atoms with Crippen LogP contribution in [0.3, 0.4) is 0 Å². The van der Waals surface area contributed by atoms with Crippen molar-refractivity contribution in [1.82, 2.24) is 0 Å². The minimum absolute atomic E-state index is 0.326. The molecule has 1 aliphatic carbocycles. The molecule has 1 saturated carbocycles. The third-order valence-electron chi connectivity index (χ3n) is 3.66. The van der Waals surface area contributed by atoms with Crippen LogP contribution in [0.1, 0.15) is 66.6 Å². The van der Waals surface area contributed by atoms with Gasteiger partial charge in [-0.3, -0.25) is 0 Å². The molecule has 5 heteroatoms. The van der Waals surface area contributed by atoms with Crippen molar-refractivity contribution < 1.29 is 9.53 Å². The molecule has 0 spiro atoms. The quantitative estimate of drug-likeness (QED) is 0.562. The Balaban J connectivity index is 2.04. The van der Waals surface area contributed by atoms with Gasteiger partial charge in [0, 0.05) is 12.1 Å². The maximum atomic E-state index is 11.7. The molecule has 0 bridgehead atoms. The molecule has 2 rings (SSSR count). The summed E-state index contributed by atoms with van der Waals surface area (Å²) in [6.07, 6.45) is 7.26. The Kier molecular flexibility index (Phi) is 5.29. The van der Waals surface area contributed by atoms with Gasteiger partial charge >= 0.3 is 5.97 Å². The Morgan fingerprint density at radius 1 is 1.40 bits per heavy atom. The van der Waals surface area contributed by atoms with Crippen LogP contribution in [-0.4, -0.2) is 19.6 Å². The van der Waals surface area contributed by atoms with E-state index >= 15 is 0 Å². The lowest BCUT2D eigenvalue weighted by Gasteiger charge is -2.07. The second kappa shape index (κ2) is 6.97. The number of ether oxygens (including phenoxy) is 1. The summed E-state index contributed by atoms with van der Waals surface area (Å²) >= 11 is 1.44. The molecule has 0 radical (unpaired) electrons. The van der Waals surface area contributed by atoms with Crippen molar-refractivity contribution in [3.8, 4) is 0 Å². The summed E-state index contributed by atoms with van der Waals surface area (Å²) < 4.78 is 4.81. The Hall–Kier alpha value is -1.23. The van der Waals surface area contributed by atoms with Gasteiger partial charge in [0.2, 0.25) is 0 Å². The minimum Gasteiger partial charge on any atom is -0.465 e. The third-order valence-corrected chi connectivity index (χ3v) is 4.81. The van der Waals surface area contributed by atoms with Crippen molar-refractivity contribution in [2.24, 2.45) is 0 Å². The number of nitrogens with two attached hydrogens (primary N) is 1. The zero-order valence-corrected chi connectivity index (χ0v) is 13.1. The van der Waals surface area contributed by atoms with Crippen LogP contribution in [0.2, 0.25) is 0 Å². The van der Waals surface area contributed by atoms with Crippen LogP contribution < -0.4 is 11.1 Å². The standard InChI is InChI=1S/C15H24N2O2S/c1-3-4-5-6-9-17-14-11(10-7-8-10)12(16)13(20-14)15(18)19-2/h10,17H,3-9,16H2,1-2H3. The number of anilines is 2. The van der Waals surface area contributed by atoms with Crippen molar-refractivity contribution in [1.29, 1.82) is 0 Å². The van der Waals surface area contributed by atoms with Crippen molar-refractivity contribution in [3.63, 3.8) is 0 Å². The molecule has 0 aliphatic heterocycles. The average molecular weight is 296 g/mol. The Morgan fingerprint density at radius 3 is 2.75 bits per heavy atom. The Labute approximate surface area is 124 Å². The molecule has 1 fully saturated rings. The lowest BCUT2D eigenvalue weighted by Crippen LogP contribution is -2.03. The van der Waals surface area contributed by atoms with Gasteiger partial charge in [0.1, 0.15) is 4.88 Å². The van der Waals surface area contributed by atoms with E-state index in [0.29, 0.717) is 16.5 Å². The lowest BCUT2D eigenvalue weighted by atomic mass is 10.1. The van der Waals surface area contributed by atoms with E-state index in [1.54, 1.807) is 0 Å². The molecular weight excluding hydrogens is 272 g/mol. The van der Waals surface area contributed by atoms with Gasteiger partial charge in [0.15, 0.2) is 0 Å². The van der Waals surface area contributed by atoms with Crippen molar-refractivity contribution in [3.05, 3.63) is 10.4 Å². The molecule has 20 heavy (non-hydrogen) atoms. The van der Waals surface area contributed by atoms with Crippen LogP contribution in [0.25, 0.3) is 0 Å². The second-order valence-electron chi connectivity index (χ2n) is 5.34. The van der Waals surface area contributed by atoms with Gasteiger partial charge in [-0.05, 0) is 25.2 Å². The number of rotatable bonds is 8. The normalized spacial score (nSPS) is 14.3. The molecule has 112 valence electrons. The number of carbonyl (C=O) groups excluding carboxylic acids is 1. The first kappa shape index (κ1) is 15.2. The SMILES string of the molecule is CCCCCCNc1sc(C(=O)OC)c(N)c1C1CC1. The summed E-state index contributed by atoms with van der Waals surface area (Å²) in [6.45, 7) is 3.15. The highest BCUT2D eigenvalue weighted by atomic mass is 32.1. The molecular formula is C15H24N2O2S. The Bertz CT molecular complexity index is 467. The number of esters is 1. The predicted octanol–water partition coefficient (Wildman–Crippen LogP) is 3.99. The summed E-state index contributed by atoms with van der Waals surface area (Å²) in [6, 6.07) is 0. The number of unbranched alkanes of at least 4 members (excludes halogenated alkanes) is 3. The van der Waals surface area contributed by atoms with Gasteiger partial charge < -0.3 is 15.8 Å². The molecule has 0 atom stereocenters. The highest BCUT2D eigenvalue weighted by Crippen LogP contribution is 2.50. The minimum atomic E-state index is -0.326. The number of carbonyl (C=O) groups is 1. The molecule has 0 saturated heterocycles. The maximum Gasteiger partial charge on any atom is 0.350 e. The monoisotopic (exact) mass is 296 g/mol. The third kappa shape index (κ3) is 3.45. The van der Waals surface area contributed by atoms with Gasteiger partial charge in [-0.2, -0.15) is 0 Å². The van der Waals surface area contributed by atoms with E-state index in [1.165, 1.54) is 50.6 Å². The van der Waals surface area contributed by atoms with Gasteiger partial charge in [0.25, 0.3) is 0 Å². The first-order valence-corrected chi connectivity index (χ1v) is 8.25. The molecule has 0 aromatic carbocycles. The van der Waals surface area contributed by atoms with Crippen LogP contribution in [0.15, 0.2) is 0 Å². The maximum absolute atomic E-state index is 11.7. The predicted molar refractivity (Wildman–Crippen MR) is 84.7 cm³/mol. The number of hydrogen-bond donors (Lipinski definition) is 2. The molecule has 4 nitrogen and oxygen atoms in total. The second-order valence-corrected chi connectivity index (χ2v) is 6.36. The van der Waals surface area contributed by atoms with Crippen LogP contribution in [0, 0.1) is 0 Å². The molecule has 0 unspecified atom stereocenters. The number of thiophene rings is 1. The van der Waals surface area contributed by atoms with Crippen molar-refractivity contribution in [2.45, 2.75) is 51.4 Å². The first-order valence-electron chi connectivity index (χ1n) is 7.43. The average Bonchev–Trinajstić information content (AvgIpc) is 3.22. The van der Waals surface area contributed by atoms with E-state index in [-0.39, 0.29) is 5.97 Å². The summed E-state index contributed by atoms with van der Waals surface area (Å²) in [7, 11) is 1.40. The largest absolute Gasteiger partial charge is 0.465 e. The number of methoxy groups -OCH3 is 1. The van der Waals surface area contributed by atoms with Crippen LogP contribution in [-0.2, 0) is 4.74 Å². The number of nitrogen functional groups attached to an aromatic ring is 1. The van der Waals surface area contributed by atoms with Crippen molar-refractivity contribution in [2.75, 3.05) is 24.7 Å². The van der Waals surface area contributed by atoms with E-state index in [1.807, 2.05) is 0 Å². The van der Waals surface area contributed by atoms with Gasteiger partial charge in [0.05, 0.1) is 17.8 Å². The van der Waals surface area contributed by atoms with E-state index < -0.39 is 0 Å². The van der Waals surface area contributed by atoms with Gasteiger partial charge in [-0.25, -0.2) is 4.79 Å².